The van der Waals surface area contributed by atoms with Gasteiger partial charge in [-0.25, -0.2) is 4.98 Å². The molecular formula is C31H21N5. The van der Waals surface area contributed by atoms with Crippen molar-refractivity contribution < 1.29 is 0 Å². The van der Waals surface area contributed by atoms with Gasteiger partial charge in [-0.1, -0.05) is 36.4 Å². The number of nitrogens with zero attached hydrogens (tertiary/aromatic N) is 4. The van der Waals surface area contributed by atoms with E-state index in [0.29, 0.717) is 0 Å². The topological polar surface area (TPSA) is 57.7 Å². The van der Waals surface area contributed by atoms with Crippen molar-refractivity contribution in [2.75, 3.05) is 4.90 Å². The molecular weight excluding hydrogens is 442 g/mol. The van der Waals surface area contributed by atoms with Crippen molar-refractivity contribution in [2.45, 2.75) is 0 Å². The highest BCUT2D eigenvalue weighted by Gasteiger charge is 2.16. The number of H-pyrrole nitrogens is 1. The van der Waals surface area contributed by atoms with Crippen LogP contribution in [0.25, 0.3) is 44.2 Å². The lowest BCUT2D eigenvalue weighted by Crippen LogP contribution is -2.09. The molecule has 4 aromatic carbocycles. The molecule has 0 radical (unpaired) electrons. The summed E-state index contributed by atoms with van der Waals surface area (Å²) in [4.78, 5) is 20.1. The number of para-hydroxylation sites is 2. The van der Waals surface area contributed by atoms with E-state index >= 15 is 0 Å². The van der Waals surface area contributed by atoms with Gasteiger partial charge in [-0.2, -0.15) is 0 Å². The van der Waals surface area contributed by atoms with E-state index in [2.05, 4.69) is 105 Å². The first-order valence-corrected chi connectivity index (χ1v) is 11.9. The Labute approximate surface area is 207 Å². The molecule has 170 valence electrons. The third-order valence-corrected chi connectivity index (χ3v) is 6.50. The Bertz CT molecular complexity index is 1710. The Kier molecular flexibility index (Phi) is 4.71. The monoisotopic (exact) mass is 463 g/mol. The Balaban J connectivity index is 1.36. The number of aromatic nitrogens is 4. The maximum Gasteiger partial charge on any atom is 0.138 e. The molecule has 1 N–H and O–H groups in total. The fraction of sp³-hybridized carbons (Fsp3) is 0. The van der Waals surface area contributed by atoms with E-state index in [1.54, 1.807) is 6.20 Å². The van der Waals surface area contributed by atoms with Crippen molar-refractivity contribution in [3.05, 3.63) is 122 Å². The van der Waals surface area contributed by atoms with Gasteiger partial charge < -0.3 is 9.88 Å². The van der Waals surface area contributed by atoms with Crippen LogP contribution in [0.5, 0.6) is 0 Å². The summed E-state index contributed by atoms with van der Waals surface area (Å²) >= 11 is 0. The standard InChI is InChI=1S/C31H21N5/c1-3-9-22(10-4-1)36(23-11-5-2-6-12-23)24-17-15-21(16-18-24)31-34-29-25-13-7-19-32-27(25)28-26(30(29)35-31)14-8-20-33-28/h1-20H,(H,34,35). The van der Waals surface area contributed by atoms with Crippen molar-refractivity contribution in [2.24, 2.45) is 0 Å². The van der Waals surface area contributed by atoms with E-state index in [1.807, 2.05) is 30.5 Å². The third-order valence-electron chi connectivity index (χ3n) is 6.50. The average molecular weight is 464 g/mol. The van der Waals surface area contributed by atoms with Gasteiger partial charge in [-0.3, -0.25) is 9.97 Å². The summed E-state index contributed by atoms with van der Waals surface area (Å²) < 4.78 is 0. The molecule has 0 aliphatic carbocycles. The second-order valence-electron chi connectivity index (χ2n) is 8.66. The van der Waals surface area contributed by atoms with Gasteiger partial charge in [-0.15, -0.1) is 0 Å². The van der Waals surface area contributed by atoms with E-state index in [0.717, 1.165) is 61.3 Å². The first kappa shape index (κ1) is 20.4. The number of hydrogen-bond acceptors (Lipinski definition) is 4. The van der Waals surface area contributed by atoms with Crippen molar-refractivity contribution >= 4 is 49.9 Å². The van der Waals surface area contributed by atoms with Crippen LogP contribution in [0.4, 0.5) is 17.1 Å². The van der Waals surface area contributed by atoms with Gasteiger partial charge in [0.15, 0.2) is 0 Å². The van der Waals surface area contributed by atoms with Crippen LogP contribution in [0, 0.1) is 0 Å². The molecule has 7 rings (SSSR count). The lowest BCUT2D eigenvalue weighted by Gasteiger charge is -2.25. The molecule has 5 heteroatoms. The Morgan fingerprint density at radius 1 is 0.500 bits per heavy atom. The molecule has 0 unspecified atom stereocenters. The number of imidazole rings is 1. The lowest BCUT2D eigenvalue weighted by molar-refractivity contribution is 1.28. The molecule has 0 fully saturated rings. The van der Waals surface area contributed by atoms with Crippen LogP contribution >= 0.6 is 0 Å². The average Bonchev–Trinajstić information content (AvgIpc) is 3.41. The molecule has 0 bridgehead atoms. The highest BCUT2D eigenvalue weighted by Crippen LogP contribution is 2.36. The third kappa shape index (κ3) is 3.29. The van der Waals surface area contributed by atoms with Gasteiger partial charge in [0, 0.05) is 45.8 Å². The minimum Gasteiger partial charge on any atom is -0.337 e. The van der Waals surface area contributed by atoms with Gasteiger partial charge >= 0.3 is 0 Å². The van der Waals surface area contributed by atoms with E-state index in [4.69, 9.17) is 4.98 Å². The van der Waals surface area contributed by atoms with Gasteiger partial charge in [0.1, 0.15) is 5.82 Å². The van der Waals surface area contributed by atoms with Crippen LogP contribution in [0.2, 0.25) is 0 Å². The number of hydrogen-bond donors (Lipinski definition) is 1. The molecule has 0 spiro atoms. The Morgan fingerprint density at radius 3 is 1.69 bits per heavy atom. The zero-order valence-corrected chi connectivity index (χ0v) is 19.3. The summed E-state index contributed by atoms with van der Waals surface area (Å²) in [5, 5.41) is 2.02. The van der Waals surface area contributed by atoms with Crippen molar-refractivity contribution in [1.29, 1.82) is 0 Å². The summed E-state index contributed by atoms with van der Waals surface area (Å²) in [5.41, 5.74) is 7.96. The molecule has 5 nitrogen and oxygen atoms in total. The fourth-order valence-corrected chi connectivity index (χ4v) is 4.85. The highest BCUT2D eigenvalue weighted by atomic mass is 15.1. The van der Waals surface area contributed by atoms with Crippen molar-refractivity contribution in [3.63, 3.8) is 0 Å². The molecule has 7 aromatic rings. The van der Waals surface area contributed by atoms with Gasteiger partial charge in [0.05, 0.1) is 22.1 Å². The SMILES string of the molecule is c1ccc(N(c2ccccc2)c2ccc(-c3nc4c5cccnc5c5ncccc5c4[nH]3)cc2)cc1. The predicted octanol–water partition coefficient (Wildman–Crippen LogP) is 7.80. The molecule has 36 heavy (non-hydrogen) atoms. The maximum absolute atomic E-state index is 5.02. The molecule has 3 aromatic heterocycles. The Hall–Kier alpha value is -5.03. The summed E-state index contributed by atoms with van der Waals surface area (Å²) in [6.45, 7) is 0. The molecule has 0 saturated heterocycles. The summed E-state index contributed by atoms with van der Waals surface area (Å²) in [5.74, 6) is 0.823. The van der Waals surface area contributed by atoms with E-state index in [1.165, 1.54) is 0 Å². The summed E-state index contributed by atoms with van der Waals surface area (Å²) in [6.07, 6.45) is 3.61. The molecule has 0 atom stereocenters. The van der Waals surface area contributed by atoms with Crippen LogP contribution < -0.4 is 4.90 Å². The maximum atomic E-state index is 5.02. The second-order valence-corrected chi connectivity index (χ2v) is 8.66. The largest absolute Gasteiger partial charge is 0.337 e. The minimum absolute atomic E-state index is 0.823. The van der Waals surface area contributed by atoms with Gasteiger partial charge in [0.2, 0.25) is 0 Å². The van der Waals surface area contributed by atoms with Crippen molar-refractivity contribution in [1.82, 2.24) is 19.9 Å². The number of pyridine rings is 2. The fourth-order valence-electron chi connectivity index (χ4n) is 4.85. The van der Waals surface area contributed by atoms with Crippen LogP contribution in [0.15, 0.2) is 122 Å². The number of benzene rings is 4. The lowest BCUT2D eigenvalue weighted by atomic mass is 10.1. The number of anilines is 3. The smallest absolute Gasteiger partial charge is 0.138 e. The summed E-state index contributed by atoms with van der Waals surface area (Å²) in [7, 11) is 0. The van der Waals surface area contributed by atoms with E-state index < -0.39 is 0 Å². The van der Waals surface area contributed by atoms with Crippen LogP contribution in [0.1, 0.15) is 0 Å². The number of rotatable bonds is 4. The molecule has 0 aliphatic heterocycles. The van der Waals surface area contributed by atoms with Crippen LogP contribution in [-0.4, -0.2) is 19.9 Å². The quantitative estimate of drug-likeness (QED) is 0.271. The number of fused-ring (bicyclic) bond motifs is 6. The van der Waals surface area contributed by atoms with Gasteiger partial charge in [-0.05, 0) is 72.8 Å². The minimum atomic E-state index is 0.823. The van der Waals surface area contributed by atoms with Crippen LogP contribution in [0.3, 0.4) is 0 Å². The molecule has 3 heterocycles. The normalized spacial score (nSPS) is 11.3. The molecule has 0 aliphatic rings. The van der Waals surface area contributed by atoms with Crippen molar-refractivity contribution in [3.8, 4) is 11.4 Å². The second kappa shape index (κ2) is 8.32. The highest BCUT2D eigenvalue weighted by molar-refractivity contribution is 6.21. The number of nitrogens with one attached hydrogen (secondary N) is 1. The Morgan fingerprint density at radius 2 is 1.06 bits per heavy atom. The number of aromatic amines is 1. The van der Waals surface area contributed by atoms with E-state index in [-0.39, 0.29) is 0 Å². The summed E-state index contributed by atoms with van der Waals surface area (Å²) in [6, 6.07) is 37.4. The van der Waals surface area contributed by atoms with Crippen LogP contribution in [-0.2, 0) is 0 Å². The molecule has 0 amide bonds. The first-order chi connectivity index (χ1) is 17.9. The predicted molar refractivity (Wildman–Crippen MR) is 147 cm³/mol. The molecule has 0 saturated carbocycles. The first-order valence-electron chi connectivity index (χ1n) is 11.9. The van der Waals surface area contributed by atoms with Gasteiger partial charge in [0.25, 0.3) is 0 Å². The zero-order chi connectivity index (χ0) is 23.9. The zero-order valence-electron chi connectivity index (χ0n) is 19.3. The van der Waals surface area contributed by atoms with E-state index in [9.17, 15) is 0 Å².